The van der Waals surface area contributed by atoms with Crippen LogP contribution in [0, 0.1) is 118 Å². The van der Waals surface area contributed by atoms with Gasteiger partial charge in [-0.1, -0.05) is 125 Å². The second kappa shape index (κ2) is 34.6. The molecular weight excluding hydrogens is 1670 g/mol. The molecule has 16 aliphatic rings. The van der Waals surface area contributed by atoms with Gasteiger partial charge in [-0.25, -0.2) is 0 Å². The lowest BCUT2D eigenvalue weighted by atomic mass is 9.54. The predicted molar refractivity (Wildman–Crippen MR) is 515 cm³/mol. The van der Waals surface area contributed by atoms with Crippen LogP contribution in [0.15, 0.2) is 192 Å². The van der Waals surface area contributed by atoms with Crippen LogP contribution in [0.3, 0.4) is 0 Å². The minimum absolute atomic E-state index is 0.000145. The number of para-hydroxylation sites is 4. The number of benzene rings is 4. The van der Waals surface area contributed by atoms with Crippen LogP contribution in [0.2, 0.25) is 0 Å². The van der Waals surface area contributed by atoms with Crippen molar-refractivity contribution in [3.05, 3.63) is 172 Å². The van der Waals surface area contributed by atoms with Gasteiger partial charge in [-0.15, -0.1) is 26.3 Å². The van der Waals surface area contributed by atoms with Gasteiger partial charge >= 0.3 is 0 Å². The molecule has 4 saturated heterocycles. The summed E-state index contributed by atoms with van der Waals surface area (Å²) in [5, 5.41) is 124. The van der Waals surface area contributed by atoms with Crippen molar-refractivity contribution >= 4 is 45.6 Å². The van der Waals surface area contributed by atoms with Gasteiger partial charge in [0.25, 0.3) is 0 Å². The molecule has 8 N–H and O–H groups in total. The maximum atomic E-state index is 12.5. The lowest BCUT2D eigenvalue weighted by Crippen LogP contribution is -2.63. The van der Waals surface area contributed by atoms with E-state index in [9.17, 15) is 40.9 Å². The molecule has 8 heterocycles. The Morgan fingerprint density at radius 2 is 0.470 bits per heavy atom. The van der Waals surface area contributed by atoms with Crippen molar-refractivity contribution < 1.29 is 78.7 Å². The van der Waals surface area contributed by atoms with Crippen LogP contribution in [-0.2, 0) is 37.9 Å². The summed E-state index contributed by atoms with van der Waals surface area (Å²) in [7, 11) is 0. The zero-order chi connectivity index (χ0) is 95.0. The zero-order valence-corrected chi connectivity index (χ0v) is 81.8. The Balaban J connectivity index is 0.000000123. The van der Waals surface area contributed by atoms with E-state index in [4.69, 9.17) is 58.3 Å². The summed E-state index contributed by atoms with van der Waals surface area (Å²) in [6.45, 7) is 59.8. The van der Waals surface area contributed by atoms with Gasteiger partial charge in [-0.05, 0) is 234 Å². The Labute approximate surface area is 783 Å². The van der Waals surface area contributed by atoms with Crippen molar-refractivity contribution in [1.82, 2.24) is 0 Å². The number of hydrazone groups is 4. The highest BCUT2D eigenvalue weighted by molar-refractivity contribution is 5.96. The molecule has 0 spiro atoms. The first kappa shape index (κ1) is 96.8. The standard InChI is InChI=1S/4C27H38N2O4/c4*1-7-19-22-21(28-29(25(22,3)4)18-11-9-8-10-12-18)13-16(2)27(19,31)20-14-17-15-32-26(5,6)33-24(17)23(20)30/h4*7-12,16-17,19-20,22-24,30-31H,1,13-15H2,2-6H3/t4*16-,17-,19+,20-,22+,23+,24+,27-/m1100/s1. The smallest absolute Gasteiger partial charge is 0.163 e. The van der Waals surface area contributed by atoms with Gasteiger partial charge in [-0.3, -0.25) is 20.0 Å². The molecule has 4 aromatic rings. The molecule has 8 aliphatic heterocycles. The average molecular weight is 1820 g/mol. The molecule has 0 aromatic heterocycles. The third-order valence-electron chi connectivity index (χ3n) is 35.1. The topological polar surface area (TPSA) is 298 Å². The zero-order valence-electron chi connectivity index (χ0n) is 81.8. The monoisotopic (exact) mass is 1820 g/mol. The highest BCUT2D eigenvalue weighted by atomic mass is 16.7. The maximum absolute atomic E-state index is 12.5. The number of rotatable bonds is 12. The van der Waals surface area contributed by atoms with E-state index in [1.165, 1.54) is 0 Å². The van der Waals surface area contributed by atoms with E-state index >= 15 is 0 Å². The summed E-state index contributed by atoms with van der Waals surface area (Å²) in [4.78, 5) is 0. The Morgan fingerprint density at radius 1 is 0.295 bits per heavy atom. The van der Waals surface area contributed by atoms with Crippen LogP contribution in [0.5, 0.6) is 0 Å². The van der Waals surface area contributed by atoms with E-state index in [1.54, 1.807) is 0 Å². The van der Waals surface area contributed by atoms with Crippen LogP contribution in [-0.4, -0.2) is 207 Å². The highest BCUT2D eigenvalue weighted by Crippen LogP contribution is 2.64. The predicted octanol–water partition coefficient (Wildman–Crippen LogP) is 15.9. The average Bonchev–Trinajstić information content (AvgIpc) is 1.55. The molecule has 132 heavy (non-hydrogen) atoms. The molecule has 8 aliphatic carbocycles. The number of aliphatic hydroxyl groups excluding tert-OH is 4. The first-order chi connectivity index (χ1) is 62.0. The minimum Gasteiger partial charge on any atom is -0.390 e. The lowest BCUT2D eigenvalue weighted by Gasteiger charge is -2.53. The fraction of sp³-hybridized carbons (Fsp3) is 0.667. The first-order valence-electron chi connectivity index (χ1n) is 49.1. The van der Waals surface area contributed by atoms with Crippen LogP contribution in [0.4, 0.5) is 22.7 Å². The SMILES string of the molecule is C=C[C@@H]1[C@@H]2C(=NN(c3ccccc3)C2(C)C)C[C@H](C)[C@@]1(O)[C@H]1C[C@H]2COC(C)(C)O[C@H]2[C@@H]1O.C=C[C@@H]1[C@@H]2C(=NN(c3ccccc3)C2(C)C)C[C@H](C)[C@@]1(O)[C@H]1C[C@H]2COC(C)(C)O[C@H]2[C@@H]1O.C=C[C@H]1[C@H]2C(=NN(c3ccccc3)C2(C)C)C[C@@H](C)[C@]1(O)[C@@H]1C[C@@H]2COC(C)(C)O[C@@H]2[C@H]1O.C=C[C@H]1[C@H]2C(=NN(c3ccccc3)C2(C)C)C[C@@H](C)[C@]1(O)[C@@H]1C[C@@H]2COC(C)(C)O[C@@H]2[C@H]1O. The van der Waals surface area contributed by atoms with Crippen molar-refractivity contribution in [2.75, 3.05) is 46.5 Å². The van der Waals surface area contributed by atoms with Crippen molar-refractivity contribution in [2.45, 2.75) is 306 Å². The van der Waals surface area contributed by atoms with Gasteiger partial charge in [0.2, 0.25) is 0 Å². The van der Waals surface area contributed by atoms with Crippen molar-refractivity contribution in [2.24, 2.45) is 139 Å². The second-order valence-electron chi connectivity index (χ2n) is 46.0. The number of hydrogen-bond acceptors (Lipinski definition) is 24. The molecule has 0 bridgehead atoms. The Hall–Kier alpha value is -6.92. The van der Waals surface area contributed by atoms with Crippen molar-refractivity contribution in [3.63, 3.8) is 0 Å². The molecule has 4 aromatic carbocycles. The van der Waals surface area contributed by atoms with Crippen LogP contribution >= 0.6 is 0 Å². The minimum atomic E-state index is -1.11. The van der Waals surface area contributed by atoms with Gasteiger partial charge in [-0.2, -0.15) is 20.4 Å². The number of fused-ring (bicyclic) bond motifs is 8. The molecule has 32 atom stereocenters. The largest absolute Gasteiger partial charge is 0.390 e. The molecular formula is C108H152N8O16. The first-order valence-corrected chi connectivity index (χ1v) is 49.1. The molecule has 720 valence electrons. The summed E-state index contributed by atoms with van der Waals surface area (Å²) in [6.07, 6.45) is 8.80. The van der Waals surface area contributed by atoms with Crippen molar-refractivity contribution in [1.29, 1.82) is 0 Å². The summed E-state index contributed by atoms with van der Waals surface area (Å²) >= 11 is 0. The molecule has 20 rings (SSSR count). The second-order valence-corrected chi connectivity index (χ2v) is 46.0. The number of anilines is 4. The maximum Gasteiger partial charge on any atom is 0.163 e. The molecule has 8 saturated carbocycles. The third kappa shape index (κ3) is 15.8. The Morgan fingerprint density at radius 3 is 0.636 bits per heavy atom. The molecule has 0 unspecified atom stereocenters. The molecule has 0 amide bonds. The number of ether oxygens (including phenoxy) is 8. The van der Waals surface area contributed by atoms with E-state index in [0.29, 0.717) is 77.8 Å². The van der Waals surface area contributed by atoms with Crippen LogP contribution in [0.25, 0.3) is 0 Å². The lowest BCUT2D eigenvalue weighted by molar-refractivity contribution is -0.300. The van der Waals surface area contributed by atoms with E-state index in [1.807, 2.05) is 152 Å². The highest BCUT2D eigenvalue weighted by Gasteiger charge is 2.72. The summed E-state index contributed by atoms with van der Waals surface area (Å²) in [5.41, 5.74) is 2.78. The van der Waals surface area contributed by atoms with Gasteiger partial charge in [0.15, 0.2) is 23.1 Å². The van der Waals surface area contributed by atoms with Crippen LogP contribution in [0.1, 0.15) is 190 Å². The van der Waals surface area contributed by atoms with Gasteiger partial charge in [0.1, 0.15) is 0 Å². The third-order valence-corrected chi connectivity index (χ3v) is 35.1. The van der Waals surface area contributed by atoms with Gasteiger partial charge < -0.3 is 78.7 Å². The van der Waals surface area contributed by atoms with Crippen molar-refractivity contribution in [3.8, 4) is 0 Å². The quantitative estimate of drug-likeness (QED) is 0.0611. The van der Waals surface area contributed by atoms with Gasteiger partial charge in [0, 0.05) is 118 Å². The number of aliphatic hydroxyl groups is 8. The summed E-state index contributed by atoms with van der Waals surface area (Å²) in [5.74, 6) is -5.09. The number of nitrogens with zero attached hydrogens (tertiary/aromatic N) is 8. The van der Waals surface area contributed by atoms with E-state index in [0.717, 1.165) is 45.6 Å². The summed E-state index contributed by atoms with van der Waals surface area (Å²) in [6, 6.07) is 40.8. The Bertz CT molecular complexity index is 4390. The molecule has 12 fully saturated rings. The van der Waals surface area contributed by atoms with E-state index in [-0.39, 0.29) is 165 Å². The molecule has 24 heteroatoms. The summed E-state index contributed by atoms with van der Waals surface area (Å²) < 4.78 is 48.1. The van der Waals surface area contributed by atoms with E-state index < -0.39 is 70.0 Å². The molecule has 0 radical (unpaired) electrons. The fourth-order valence-corrected chi connectivity index (χ4v) is 28.8. The van der Waals surface area contributed by atoms with E-state index in [2.05, 4.69) is 178 Å². The number of hydrogen-bond donors (Lipinski definition) is 8. The Kier molecular flexibility index (Phi) is 25.4. The fourth-order valence-electron chi connectivity index (χ4n) is 28.8. The molecule has 24 nitrogen and oxygen atoms in total. The normalized spacial score (nSPS) is 43.5. The van der Waals surface area contributed by atoms with Crippen LogP contribution < -0.4 is 20.0 Å². The van der Waals surface area contributed by atoms with Gasteiger partial charge in [0.05, 0.1) is 143 Å².